The number of hydrogen-bond acceptors (Lipinski definition) is 5. The number of nitrogens with one attached hydrogen (secondary N) is 2. The molecule has 8 heteroatoms. The lowest BCUT2D eigenvalue weighted by molar-refractivity contribution is -0.145. The van der Waals surface area contributed by atoms with Gasteiger partial charge in [0.25, 0.3) is 5.92 Å². The van der Waals surface area contributed by atoms with E-state index in [9.17, 15) is 18.7 Å². The molecule has 0 aliphatic heterocycles. The van der Waals surface area contributed by atoms with Crippen LogP contribution in [0.4, 0.5) is 13.6 Å². The monoisotopic (exact) mass is 386 g/mol. The molecule has 0 aromatic heterocycles. The van der Waals surface area contributed by atoms with Crippen LogP contribution in [-0.2, 0) is 16.1 Å². The van der Waals surface area contributed by atoms with E-state index in [-0.39, 0.29) is 13.0 Å². The van der Waals surface area contributed by atoms with E-state index in [2.05, 4.69) is 10.6 Å². The van der Waals surface area contributed by atoms with Crippen molar-refractivity contribution in [2.75, 3.05) is 0 Å². The van der Waals surface area contributed by atoms with E-state index in [0.717, 1.165) is 5.56 Å². The number of carbonyl (C=O) groups is 1. The van der Waals surface area contributed by atoms with Gasteiger partial charge in [0, 0.05) is 24.9 Å². The molecule has 6 nitrogen and oxygen atoms in total. The van der Waals surface area contributed by atoms with Crippen molar-refractivity contribution in [2.24, 2.45) is 0 Å². The molecule has 0 heterocycles. The van der Waals surface area contributed by atoms with Gasteiger partial charge in [-0.25, -0.2) is 13.6 Å². The molecule has 0 radical (unpaired) electrons. The number of halogens is 2. The number of aliphatic hydroxyl groups is 1. The molecule has 1 aliphatic rings. The van der Waals surface area contributed by atoms with E-state index in [1.807, 2.05) is 30.3 Å². The Morgan fingerprint density at radius 2 is 1.89 bits per heavy atom. The lowest BCUT2D eigenvalue weighted by Crippen LogP contribution is -2.53. The van der Waals surface area contributed by atoms with Gasteiger partial charge in [-0.05, 0) is 32.8 Å². The molecule has 1 aromatic rings. The zero-order chi connectivity index (χ0) is 20.1. The Morgan fingerprint density at radius 1 is 1.26 bits per heavy atom. The number of rotatable bonds is 6. The van der Waals surface area contributed by atoms with E-state index in [1.54, 1.807) is 20.8 Å². The van der Waals surface area contributed by atoms with Gasteiger partial charge in [-0.15, -0.1) is 0 Å². The topological polar surface area (TPSA) is 79.8 Å². The first kappa shape index (κ1) is 21.5. The summed E-state index contributed by atoms with van der Waals surface area (Å²) in [5.74, 6) is -2.96. The highest BCUT2D eigenvalue weighted by molar-refractivity contribution is 5.68. The van der Waals surface area contributed by atoms with E-state index < -0.39 is 49.0 Å². The number of alkyl carbamates (subject to hydrolysis) is 1. The van der Waals surface area contributed by atoms with Gasteiger partial charge in [-0.1, -0.05) is 30.3 Å². The molecule has 3 unspecified atom stereocenters. The van der Waals surface area contributed by atoms with Crippen molar-refractivity contribution >= 4 is 6.09 Å². The molecule has 1 aromatic carbocycles. The van der Waals surface area contributed by atoms with Gasteiger partial charge < -0.3 is 19.9 Å². The maximum absolute atomic E-state index is 14.0. The van der Waals surface area contributed by atoms with Gasteiger partial charge in [0.15, 0.2) is 0 Å². The highest BCUT2D eigenvalue weighted by Gasteiger charge is 2.42. The Morgan fingerprint density at radius 3 is 2.52 bits per heavy atom. The lowest BCUT2D eigenvalue weighted by atomic mass is 9.88. The molecule has 1 aliphatic carbocycles. The summed E-state index contributed by atoms with van der Waals surface area (Å²) in [6, 6.07) is 7.74. The van der Waals surface area contributed by atoms with Gasteiger partial charge in [-0.3, -0.25) is 5.32 Å². The second-order valence-corrected chi connectivity index (χ2v) is 7.86. The molecule has 3 N–H and O–H groups in total. The highest BCUT2D eigenvalue weighted by atomic mass is 19.3. The zero-order valence-electron chi connectivity index (χ0n) is 15.9. The predicted octanol–water partition coefficient (Wildman–Crippen LogP) is 3.15. The average Bonchev–Trinajstić information content (AvgIpc) is 2.50. The third-order valence-corrected chi connectivity index (χ3v) is 4.01. The van der Waals surface area contributed by atoms with Crippen LogP contribution in [0.3, 0.4) is 0 Å². The molecule has 0 spiro atoms. The number of alkyl halides is 2. The molecule has 1 amide bonds. The summed E-state index contributed by atoms with van der Waals surface area (Å²) >= 11 is 0. The fraction of sp³-hybridized carbons (Fsp3) is 0.632. The first-order valence-electron chi connectivity index (χ1n) is 8.99. The van der Waals surface area contributed by atoms with Gasteiger partial charge in [0.05, 0.1) is 6.61 Å². The first-order valence-corrected chi connectivity index (χ1v) is 8.99. The molecule has 3 atom stereocenters. The van der Waals surface area contributed by atoms with Crippen molar-refractivity contribution in [2.45, 2.75) is 76.7 Å². The summed E-state index contributed by atoms with van der Waals surface area (Å²) in [6.07, 6.45) is -2.78. The average molecular weight is 386 g/mol. The summed E-state index contributed by atoms with van der Waals surface area (Å²) in [7, 11) is 0. The highest BCUT2D eigenvalue weighted by Crippen LogP contribution is 2.33. The summed E-state index contributed by atoms with van der Waals surface area (Å²) in [5.41, 5.74) is 0.150. The number of hydrogen-bond donors (Lipinski definition) is 3. The zero-order valence-corrected chi connectivity index (χ0v) is 15.9. The van der Waals surface area contributed by atoms with Crippen LogP contribution in [0.25, 0.3) is 0 Å². The maximum Gasteiger partial charge on any atom is 0.407 e. The minimum Gasteiger partial charge on any atom is -0.444 e. The summed E-state index contributed by atoms with van der Waals surface area (Å²) in [5, 5.41) is 15.1. The number of amides is 1. The molecule has 1 fully saturated rings. The van der Waals surface area contributed by atoms with Crippen molar-refractivity contribution < 1.29 is 28.2 Å². The van der Waals surface area contributed by atoms with Crippen LogP contribution in [-0.4, -0.2) is 41.2 Å². The molecule has 1 saturated carbocycles. The minimum atomic E-state index is -2.96. The molecular weight excluding hydrogens is 358 g/mol. The first-order chi connectivity index (χ1) is 12.5. The Labute approximate surface area is 158 Å². The van der Waals surface area contributed by atoms with Crippen LogP contribution in [0.5, 0.6) is 0 Å². The lowest BCUT2D eigenvalue weighted by Gasteiger charge is -2.36. The molecule has 0 bridgehead atoms. The molecular formula is C19H28F2N2O4. The van der Waals surface area contributed by atoms with E-state index in [4.69, 9.17) is 9.47 Å². The van der Waals surface area contributed by atoms with Crippen molar-refractivity contribution in [1.29, 1.82) is 0 Å². The number of aliphatic hydroxyl groups excluding tert-OH is 1. The summed E-state index contributed by atoms with van der Waals surface area (Å²) in [4.78, 5) is 11.9. The largest absolute Gasteiger partial charge is 0.444 e. The van der Waals surface area contributed by atoms with Crippen LogP contribution < -0.4 is 10.6 Å². The summed E-state index contributed by atoms with van der Waals surface area (Å²) < 4.78 is 38.5. The molecule has 0 saturated heterocycles. The van der Waals surface area contributed by atoms with Crippen LogP contribution in [0, 0.1) is 0 Å². The normalized spacial score (nSPS) is 23.5. The predicted molar refractivity (Wildman–Crippen MR) is 96.1 cm³/mol. The molecule has 152 valence electrons. The molecule has 2 rings (SSSR count). The van der Waals surface area contributed by atoms with Gasteiger partial charge >= 0.3 is 6.09 Å². The maximum atomic E-state index is 14.0. The standard InChI is InChI=1S/C19H28F2N2O4/c1-18(2,3)27-17(25)23-15-9-14(10-19(20,21)11-15)22-16(24)26-12-13-7-5-4-6-8-13/h4-8,14-16,22,24H,9-12H2,1-3H3,(H,23,25). The van der Waals surface area contributed by atoms with Crippen molar-refractivity contribution in [3.05, 3.63) is 35.9 Å². The fourth-order valence-electron chi connectivity index (χ4n) is 3.02. The fourth-order valence-corrected chi connectivity index (χ4v) is 3.02. The number of carbonyl (C=O) groups excluding carboxylic acids is 1. The third kappa shape index (κ3) is 8.19. The van der Waals surface area contributed by atoms with Crippen molar-refractivity contribution in [3.8, 4) is 0 Å². The summed E-state index contributed by atoms with van der Waals surface area (Å²) in [6.45, 7) is 5.25. The van der Waals surface area contributed by atoms with Crippen molar-refractivity contribution in [3.63, 3.8) is 0 Å². The molecule has 27 heavy (non-hydrogen) atoms. The second-order valence-electron chi connectivity index (χ2n) is 7.86. The Balaban J connectivity index is 1.85. The van der Waals surface area contributed by atoms with Crippen LogP contribution in [0.1, 0.15) is 45.6 Å². The quantitative estimate of drug-likeness (QED) is 0.655. The Hall–Kier alpha value is -1.77. The number of benzene rings is 1. The van der Waals surface area contributed by atoms with E-state index in [1.165, 1.54) is 0 Å². The Bertz CT molecular complexity index is 607. The smallest absolute Gasteiger partial charge is 0.407 e. The number of ether oxygens (including phenoxy) is 2. The third-order valence-electron chi connectivity index (χ3n) is 4.01. The van der Waals surface area contributed by atoms with Gasteiger partial charge in [0.2, 0.25) is 6.41 Å². The van der Waals surface area contributed by atoms with Crippen LogP contribution in [0.2, 0.25) is 0 Å². The SMILES string of the molecule is CC(C)(C)OC(=O)NC1CC(NC(O)OCc2ccccc2)CC(F)(F)C1. The van der Waals surface area contributed by atoms with Crippen LogP contribution in [0.15, 0.2) is 30.3 Å². The minimum absolute atomic E-state index is 0.151. The van der Waals surface area contributed by atoms with Crippen molar-refractivity contribution in [1.82, 2.24) is 10.6 Å². The van der Waals surface area contributed by atoms with Gasteiger partial charge in [0.1, 0.15) is 5.60 Å². The van der Waals surface area contributed by atoms with E-state index >= 15 is 0 Å². The van der Waals surface area contributed by atoms with Gasteiger partial charge in [-0.2, -0.15) is 0 Å². The van der Waals surface area contributed by atoms with Crippen LogP contribution >= 0.6 is 0 Å². The second kappa shape index (κ2) is 8.95. The Kier molecular flexibility index (Phi) is 7.13. The van der Waals surface area contributed by atoms with E-state index in [0.29, 0.717) is 0 Å².